The van der Waals surface area contributed by atoms with Crippen molar-refractivity contribution in [3.05, 3.63) is 34.5 Å². The molecule has 1 aromatic carbocycles. The second-order valence-corrected chi connectivity index (χ2v) is 5.59. The van der Waals surface area contributed by atoms with E-state index in [1.807, 2.05) is 6.07 Å². The Balaban J connectivity index is 1.99. The zero-order valence-electron chi connectivity index (χ0n) is 9.67. The zero-order chi connectivity index (χ0) is 11.4. The molecule has 1 aromatic heterocycles. The first-order chi connectivity index (χ1) is 8.33. The molecule has 4 rings (SSSR count). The lowest BCUT2D eigenvalue weighted by molar-refractivity contribution is 0.244. The van der Waals surface area contributed by atoms with Crippen LogP contribution in [0.5, 0.6) is 0 Å². The summed E-state index contributed by atoms with van der Waals surface area (Å²) in [5.41, 5.74) is 4.20. The number of rotatable bonds is 0. The highest BCUT2D eigenvalue weighted by Crippen LogP contribution is 2.41. The normalized spacial score (nSPS) is 23.9. The lowest BCUT2D eigenvalue weighted by atomic mass is 9.96. The number of fused-ring (bicyclic) bond motifs is 5. The minimum Gasteiger partial charge on any atom is -0.358 e. The lowest BCUT2D eigenvalue weighted by Gasteiger charge is -2.29. The molecular weight excluding hydrogens is 232 g/mol. The maximum Gasteiger partial charge on any atom is 0.0460 e. The van der Waals surface area contributed by atoms with Crippen LogP contribution >= 0.6 is 11.6 Å². The molecule has 2 aliphatic heterocycles. The fraction of sp³-hybridized carbons (Fsp3) is 0.429. The third kappa shape index (κ3) is 1.37. The summed E-state index contributed by atoms with van der Waals surface area (Å²) in [6.45, 7) is 2.47. The Morgan fingerprint density at radius 2 is 2.24 bits per heavy atom. The van der Waals surface area contributed by atoms with E-state index in [1.165, 1.54) is 48.1 Å². The van der Waals surface area contributed by atoms with Crippen molar-refractivity contribution in [2.24, 2.45) is 0 Å². The molecule has 3 heterocycles. The maximum absolute atomic E-state index is 6.13. The molecule has 1 N–H and O–H groups in total. The molecule has 88 valence electrons. The summed E-state index contributed by atoms with van der Waals surface area (Å²) in [7, 11) is 0. The number of halogens is 1. The molecule has 1 fully saturated rings. The second-order valence-electron chi connectivity index (χ2n) is 5.15. The van der Waals surface area contributed by atoms with Crippen molar-refractivity contribution in [2.75, 3.05) is 13.1 Å². The van der Waals surface area contributed by atoms with Gasteiger partial charge in [-0.1, -0.05) is 11.6 Å². The molecule has 2 aromatic rings. The van der Waals surface area contributed by atoms with Gasteiger partial charge in [-0.2, -0.15) is 0 Å². The van der Waals surface area contributed by atoms with Crippen molar-refractivity contribution >= 4 is 22.5 Å². The van der Waals surface area contributed by atoms with Crippen molar-refractivity contribution in [1.29, 1.82) is 0 Å². The summed E-state index contributed by atoms with van der Waals surface area (Å²) in [6.07, 6.45) is 3.78. The first kappa shape index (κ1) is 9.98. The molecular formula is C14H15ClN2. The van der Waals surface area contributed by atoms with Crippen LogP contribution in [0.3, 0.4) is 0 Å². The van der Waals surface area contributed by atoms with Gasteiger partial charge in [0, 0.05) is 40.6 Å². The van der Waals surface area contributed by atoms with Crippen LogP contribution in [-0.2, 0) is 6.42 Å². The molecule has 0 amide bonds. The Morgan fingerprint density at radius 1 is 1.29 bits per heavy atom. The summed E-state index contributed by atoms with van der Waals surface area (Å²) >= 11 is 6.13. The summed E-state index contributed by atoms with van der Waals surface area (Å²) in [5, 5.41) is 2.18. The van der Waals surface area contributed by atoms with E-state index >= 15 is 0 Å². The van der Waals surface area contributed by atoms with Gasteiger partial charge in [0.1, 0.15) is 0 Å². The predicted molar refractivity (Wildman–Crippen MR) is 70.6 cm³/mol. The third-order valence-corrected chi connectivity index (χ3v) is 4.46. The maximum atomic E-state index is 6.13. The standard InChI is InChI=1S/C14H15ClN2/c15-9-3-4-11-10(8-9)14-12(16-11)5-7-17-6-1-2-13(14)17/h3-4,8,13,16H,1-2,5-7H2/t13-/m1/s1. The van der Waals surface area contributed by atoms with Gasteiger partial charge >= 0.3 is 0 Å². The summed E-state index contributed by atoms with van der Waals surface area (Å²) in [6, 6.07) is 6.83. The molecule has 1 atom stereocenters. The highest BCUT2D eigenvalue weighted by atomic mass is 35.5. The van der Waals surface area contributed by atoms with Gasteiger partial charge in [0.2, 0.25) is 0 Å². The van der Waals surface area contributed by atoms with Gasteiger partial charge in [-0.25, -0.2) is 0 Å². The van der Waals surface area contributed by atoms with Crippen LogP contribution in [0.25, 0.3) is 10.9 Å². The average molecular weight is 247 g/mol. The molecule has 0 unspecified atom stereocenters. The van der Waals surface area contributed by atoms with Gasteiger partial charge in [0.05, 0.1) is 0 Å². The molecule has 0 aliphatic carbocycles. The number of hydrogen-bond donors (Lipinski definition) is 1. The molecule has 0 radical (unpaired) electrons. The topological polar surface area (TPSA) is 19.0 Å². The summed E-state index contributed by atoms with van der Waals surface area (Å²) in [5.74, 6) is 0. The number of aromatic nitrogens is 1. The van der Waals surface area contributed by atoms with Gasteiger partial charge in [-0.3, -0.25) is 4.90 Å². The van der Waals surface area contributed by atoms with Crippen molar-refractivity contribution in [3.8, 4) is 0 Å². The average Bonchev–Trinajstić information content (AvgIpc) is 2.90. The SMILES string of the molecule is Clc1ccc2[nH]c3c(c2c1)[C@H]1CCCN1CC3. The van der Waals surface area contributed by atoms with E-state index < -0.39 is 0 Å². The molecule has 0 spiro atoms. The van der Waals surface area contributed by atoms with E-state index in [0.717, 1.165) is 11.4 Å². The zero-order valence-corrected chi connectivity index (χ0v) is 10.4. The molecule has 2 aliphatic rings. The van der Waals surface area contributed by atoms with Crippen molar-refractivity contribution in [1.82, 2.24) is 9.88 Å². The minimum absolute atomic E-state index is 0.631. The highest BCUT2D eigenvalue weighted by molar-refractivity contribution is 6.31. The van der Waals surface area contributed by atoms with Crippen LogP contribution in [-0.4, -0.2) is 23.0 Å². The fourth-order valence-corrected chi connectivity index (χ4v) is 3.67. The summed E-state index contributed by atoms with van der Waals surface area (Å²) in [4.78, 5) is 6.19. The second kappa shape index (κ2) is 3.50. The minimum atomic E-state index is 0.631. The molecule has 2 nitrogen and oxygen atoms in total. The number of nitrogens with one attached hydrogen (secondary N) is 1. The van der Waals surface area contributed by atoms with Gasteiger partial charge in [-0.15, -0.1) is 0 Å². The first-order valence-corrected chi connectivity index (χ1v) is 6.75. The van der Waals surface area contributed by atoms with Crippen LogP contribution in [0.4, 0.5) is 0 Å². The monoisotopic (exact) mass is 246 g/mol. The number of aromatic amines is 1. The third-order valence-electron chi connectivity index (χ3n) is 4.23. The van der Waals surface area contributed by atoms with Gasteiger partial charge < -0.3 is 4.98 Å². The van der Waals surface area contributed by atoms with Gasteiger partial charge in [-0.05, 0) is 43.1 Å². The molecule has 0 bridgehead atoms. The van der Waals surface area contributed by atoms with Crippen molar-refractivity contribution in [2.45, 2.75) is 25.3 Å². The molecule has 1 saturated heterocycles. The Labute approximate surface area is 106 Å². The van der Waals surface area contributed by atoms with Crippen molar-refractivity contribution in [3.63, 3.8) is 0 Å². The van der Waals surface area contributed by atoms with E-state index in [9.17, 15) is 0 Å². The molecule has 17 heavy (non-hydrogen) atoms. The van der Waals surface area contributed by atoms with Crippen LogP contribution in [0, 0.1) is 0 Å². The largest absolute Gasteiger partial charge is 0.358 e. The molecule has 0 saturated carbocycles. The van der Waals surface area contributed by atoms with E-state index in [0.29, 0.717) is 6.04 Å². The Bertz CT molecular complexity index is 587. The van der Waals surface area contributed by atoms with Crippen LogP contribution in [0.1, 0.15) is 30.1 Å². The van der Waals surface area contributed by atoms with Crippen LogP contribution in [0.15, 0.2) is 18.2 Å². The van der Waals surface area contributed by atoms with Crippen LogP contribution in [0.2, 0.25) is 5.02 Å². The Morgan fingerprint density at radius 3 is 3.18 bits per heavy atom. The van der Waals surface area contributed by atoms with E-state index in [-0.39, 0.29) is 0 Å². The van der Waals surface area contributed by atoms with Gasteiger partial charge in [0.25, 0.3) is 0 Å². The predicted octanol–water partition coefficient (Wildman–Crippen LogP) is 3.51. The number of nitrogens with zero attached hydrogens (tertiary/aromatic N) is 1. The van der Waals surface area contributed by atoms with E-state index in [2.05, 4.69) is 22.0 Å². The van der Waals surface area contributed by atoms with E-state index in [1.54, 1.807) is 0 Å². The van der Waals surface area contributed by atoms with Crippen molar-refractivity contribution < 1.29 is 0 Å². The Hall–Kier alpha value is -0.990. The Kier molecular flexibility index (Phi) is 2.06. The lowest BCUT2D eigenvalue weighted by Crippen LogP contribution is -2.30. The number of hydrogen-bond acceptors (Lipinski definition) is 1. The quantitative estimate of drug-likeness (QED) is 0.754. The molecule has 3 heteroatoms. The highest BCUT2D eigenvalue weighted by Gasteiger charge is 2.33. The van der Waals surface area contributed by atoms with Gasteiger partial charge in [0.15, 0.2) is 0 Å². The summed E-state index contributed by atoms with van der Waals surface area (Å²) < 4.78 is 0. The number of H-pyrrole nitrogens is 1. The van der Waals surface area contributed by atoms with Crippen LogP contribution < -0.4 is 0 Å². The fourth-order valence-electron chi connectivity index (χ4n) is 3.49. The first-order valence-electron chi connectivity index (χ1n) is 6.37. The smallest absolute Gasteiger partial charge is 0.0460 e. The number of benzene rings is 1. The van der Waals surface area contributed by atoms with E-state index in [4.69, 9.17) is 11.6 Å².